The fourth-order valence-electron chi connectivity index (χ4n) is 4.98. The Balaban J connectivity index is 1.26. The molecule has 1 unspecified atom stereocenters. The highest BCUT2D eigenvalue weighted by Crippen LogP contribution is 2.28. The number of H-pyrrole nitrogens is 1. The van der Waals surface area contributed by atoms with E-state index in [4.69, 9.17) is 4.74 Å². The molecule has 0 spiro atoms. The van der Waals surface area contributed by atoms with Crippen molar-refractivity contribution in [3.05, 3.63) is 71.4 Å². The molecule has 3 aromatic rings. The maximum absolute atomic E-state index is 5.29. The topological polar surface area (TPSA) is 44.4 Å². The van der Waals surface area contributed by atoms with Crippen LogP contribution in [0.1, 0.15) is 29.5 Å². The predicted octanol–water partition coefficient (Wildman–Crippen LogP) is 4.11. The van der Waals surface area contributed by atoms with Gasteiger partial charge in [0.25, 0.3) is 0 Å². The van der Waals surface area contributed by atoms with Gasteiger partial charge in [0.2, 0.25) is 0 Å². The van der Waals surface area contributed by atoms with Crippen molar-refractivity contribution in [2.75, 3.05) is 26.7 Å². The molecule has 2 aliphatic heterocycles. The number of ether oxygens (including phenoxy) is 1. The summed E-state index contributed by atoms with van der Waals surface area (Å²) in [4.78, 5) is 5.31. The SMILES string of the molecule is COc1ccc(-c2[nH]ncc2CN2CCCC(N3CCc4ccccc4C3)C2)cc1. The van der Waals surface area contributed by atoms with Crippen LogP contribution in [0.3, 0.4) is 0 Å². The normalized spacial score (nSPS) is 20.1. The van der Waals surface area contributed by atoms with Gasteiger partial charge in [-0.25, -0.2) is 0 Å². The molecule has 5 rings (SSSR count). The lowest BCUT2D eigenvalue weighted by Gasteiger charge is -2.41. The molecule has 5 heteroatoms. The highest BCUT2D eigenvalue weighted by Gasteiger charge is 2.28. The Morgan fingerprint density at radius 2 is 1.90 bits per heavy atom. The van der Waals surface area contributed by atoms with Crippen molar-refractivity contribution in [2.24, 2.45) is 0 Å². The van der Waals surface area contributed by atoms with E-state index >= 15 is 0 Å². The molecule has 3 heterocycles. The van der Waals surface area contributed by atoms with Gasteiger partial charge in [-0.3, -0.25) is 14.9 Å². The summed E-state index contributed by atoms with van der Waals surface area (Å²) in [5.74, 6) is 0.877. The minimum Gasteiger partial charge on any atom is -0.497 e. The first-order valence-electron chi connectivity index (χ1n) is 11.0. The van der Waals surface area contributed by atoms with Gasteiger partial charge < -0.3 is 4.74 Å². The van der Waals surface area contributed by atoms with Gasteiger partial charge in [-0.15, -0.1) is 0 Å². The van der Waals surface area contributed by atoms with Crippen molar-refractivity contribution in [1.29, 1.82) is 0 Å². The average Bonchev–Trinajstić information content (AvgIpc) is 3.27. The predicted molar refractivity (Wildman–Crippen MR) is 119 cm³/mol. The lowest BCUT2D eigenvalue weighted by Crippen LogP contribution is -2.49. The van der Waals surface area contributed by atoms with E-state index in [1.165, 1.54) is 42.5 Å². The third-order valence-corrected chi connectivity index (χ3v) is 6.65. The monoisotopic (exact) mass is 402 g/mol. The summed E-state index contributed by atoms with van der Waals surface area (Å²) in [5.41, 5.74) is 6.59. The van der Waals surface area contributed by atoms with Gasteiger partial charge in [0.1, 0.15) is 5.75 Å². The number of likely N-dealkylation sites (tertiary alicyclic amines) is 1. The molecule has 1 atom stereocenters. The second kappa shape index (κ2) is 8.62. The first-order valence-corrected chi connectivity index (χ1v) is 11.0. The minimum absolute atomic E-state index is 0.642. The Hall–Kier alpha value is -2.63. The molecule has 156 valence electrons. The molecule has 1 saturated heterocycles. The van der Waals surface area contributed by atoms with E-state index in [-0.39, 0.29) is 0 Å². The molecule has 1 N–H and O–H groups in total. The summed E-state index contributed by atoms with van der Waals surface area (Å²) in [5, 5.41) is 7.55. The van der Waals surface area contributed by atoms with Crippen LogP contribution in [0.15, 0.2) is 54.7 Å². The van der Waals surface area contributed by atoms with Gasteiger partial charge in [0, 0.05) is 43.3 Å². The number of methoxy groups -OCH3 is 1. The summed E-state index contributed by atoms with van der Waals surface area (Å²) in [6.45, 7) is 5.51. The van der Waals surface area contributed by atoms with Crippen molar-refractivity contribution < 1.29 is 4.74 Å². The highest BCUT2D eigenvalue weighted by atomic mass is 16.5. The first-order chi connectivity index (χ1) is 14.8. The number of hydrogen-bond acceptors (Lipinski definition) is 4. The molecule has 0 saturated carbocycles. The van der Waals surface area contributed by atoms with E-state index in [2.05, 4.69) is 56.4 Å². The molecule has 30 heavy (non-hydrogen) atoms. The Bertz CT molecular complexity index is 981. The van der Waals surface area contributed by atoms with Gasteiger partial charge in [-0.05, 0) is 61.2 Å². The van der Waals surface area contributed by atoms with Crippen LogP contribution in [0.4, 0.5) is 0 Å². The van der Waals surface area contributed by atoms with Gasteiger partial charge in [0.05, 0.1) is 19.0 Å². The van der Waals surface area contributed by atoms with Crippen molar-refractivity contribution in [2.45, 2.75) is 38.4 Å². The average molecular weight is 403 g/mol. The van der Waals surface area contributed by atoms with Crippen molar-refractivity contribution >= 4 is 0 Å². The van der Waals surface area contributed by atoms with Crippen LogP contribution in [0.2, 0.25) is 0 Å². The molecular weight excluding hydrogens is 372 g/mol. The molecule has 1 aromatic heterocycles. The molecule has 1 fully saturated rings. The number of nitrogens with one attached hydrogen (secondary N) is 1. The summed E-state index contributed by atoms with van der Waals surface area (Å²) in [7, 11) is 1.70. The third-order valence-electron chi connectivity index (χ3n) is 6.65. The number of rotatable bonds is 5. The van der Waals surface area contributed by atoms with E-state index in [1.807, 2.05) is 18.3 Å². The Kier molecular flexibility index (Phi) is 5.56. The summed E-state index contributed by atoms with van der Waals surface area (Å²) >= 11 is 0. The number of hydrogen-bond donors (Lipinski definition) is 1. The zero-order valence-electron chi connectivity index (χ0n) is 17.7. The number of benzene rings is 2. The van der Waals surface area contributed by atoms with Crippen LogP contribution >= 0.6 is 0 Å². The number of aromatic nitrogens is 2. The van der Waals surface area contributed by atoms with Crippen LogP contribution in [-0.2, 0) is 19.5 Å². The smallest absolute Gasteiger partial charge is 0.118 e. The first kappa shape index (κ1) is 19.3. The Morgan fingerprint density at radius 1 is 1.07 bits per heavy atom. The summed E-state index contributed by atoms with van der Waals surface area (Å²) in [6.07, 6.45) is 5.73. The van der Waals surface area contributed by atoms with E-state index < -0.39 is 0 Å². The van der Waals surface area contributed by atoms with Crippen molar-refractivity contribution in [3.8, 4) is 17.0 Å². The fraction of sp³-hybridized carbons (Fsp3) is 0.400. The van der Waals surface area contributed by atoms with Crippen LogP contribution < -0.4 is 4.74 Å². The maximum atomic E-state index is 5.29. The fourth-order valence-corrected chi connectivity index (χ4v) is 4.98. The molecule has 2 aliphatic rings. The summed E-state index contributed by atoms with van der Waals surface area (Å²) in [6, 6.07) is 17.8. The van der Waals surface area contributed by atoms with Crippen molar-refractivity contribution in [3.63, 3.8) is 0 Å². The zero-order chi connectivity index (χ0) is 20.3. The maximum Gasteiger partial charge on any atom is 0.118 e. The molecule has 5 nitrogen and oxygen atoms in total. The Labute approximate surface area is 178 Å². The lowest BCUT2D eigenvalue weighted by atomic mass is 9.95. The molecule has 0 radical (unpaired) electrons. The van der Waals surface area contributed by atoms with Crippen LogP contribution in [0.25, 0.3) is 11.3 Å². The van der Waals surface area contributed by atoms with Gasteiger partial charge in [0.15, 0.2) is 0 Å². The van der Waals surface area contributed by atoms with Gasteiger partial charge >= 0.3 is 0 Å². The molecule has 0 bridgehead atoms. The minimum atomic E-state index is 0.642. The lowest BCUT2D eigenvalue weighted by molar-refractivity contribution is 0.0839. The molecule has 2 aromatic carbocycles. The van der Waals surface area contributed by atoms with E-state index in [0.29, 0.717) is 6.04 Å². The van der Waals surface area contributed by atoms with Crippen molar-refractivity contribution in [1.82, 2.24) is 20.0 Å². The largest absolute Gasteiger partial charge is 0.497 e. The third kappa shape index (κ3) is 4.00. The van der Waals surface area contributed by atoms with Crippen LogP contribution in [0.5, 0.6) is 5.75 Å². The molecule has 0 amide bonds. The molecule has 0 aliphatic carbocycles. The zero-order valence-corrected chi connectivity index (χ0v) is 17.7. The second-order valence-electron chi connectivity index (χ2n) is 8.52. The van der Waals surface area contributed by atoms with E-state index in [1.54, 1.807) is 7.11 Å². The highest BCUT2D eigenvalue weighted by molar-refractivity contribution is 5.63. The van der Waals surface area contributed by atoms with Gasteiger partial charge in [-0.1, -0.05) is 24.3 Å². The number of piperidine rings is 1. The number of fused-ring (bicyclic) bond motifs is 1. The molecular formula is C25H30N4O. The van der Waals surface area contributed by atoms with E-state index in [9.17, 15) is 0 Å². The summed E-state index contributed by atoms with van der Waals surface area (Å²) < 4.78 is 5.29. The van der Waals surface area contributed by atoms with Crippen LogP contribution in [0, 0.1) is 0 Å². The Morgan fingerprint density at radius 3 is 2.73 bits per heavy atom. The van der Waals surface area contributed by atoms with Gasteiger partial charge in [-0.2, -0.15) is 5.10 Å². The van der Waals surface area contributed by atoms with Crippen LogP contribution in [-0.4, -0.2) is 52.8 Å². The second-order valence-corrected chi connectivity index (χ2v) is 8.52. The van der Waals surface area contributed by atoms with E-state index in [0.717, 1.165) is 43.2 Å². The number of aromatic amines is 1. The standard InChI is InChI=1S/C25H30N4O/c1-30-24-10-8-20(9-11-24)25-22(15-26-27-25)16-28-13-4-7-23(18-28)29-14-12-19-5-2-3-6-21(19)17-29/h2-3,5-6,8-11,15,23H,4,7,12-14,16-18H2,1H3,(H,26,27). The number of nitrogens with zero attached hydrogens (tertiary/aromatic N) is 3. The quantitative estimate of drug-likeness (QED) is 0.698.